The topological polar surface area (TPSA) is 38.0 Å². The van der Waals surface area contributed by atoms with Gasteiger partial charge in [0, 0.05) is 5.69 Å². The number of aromatic nitrogens is 2. The summed E-state index contributed by atoms with van der Waals surface area (Å²) in [5, 5.41) is 9.67. The molecule has 1 aromatic rings. The van der Waals surface area contributed by atoms with Crippen LogP contribution in [0.1, 0.15) is 24.2 Å². The highest BCUT2D eigenvalue weighted by atomic mass is 16.3. The van der Waals surface area contributed by atoms with Gasteiger partial charge in [-0.2, -0.15) is 0 Å². The lowest BCUT2D eigenvalue weighted by atomic mass is 10.3. The van der Waals surface area contributed by atoms with Crippen molar-refractivity contribution in [2.75, 3.05) is 0 Å². The summed E-state index contributed by atoms with van der Waals surface area (Å²) in [7, 11) is 0. The molecule has 66 valence electrons. The Morgan fingerprint density at radius 3 is 2.67 bits per heavy atom. The van der Waals surface area contributed by atoms with E-state index in [1.165, 1.54) is 0 Å². The summed E-state index contributed by atoms with van der Waals surface area (Å²) in [6.07, 6.45) is 3.67. The predicted octanol–water partition coefficient (Wildman–Crippen LogP) is 1.02. The first-order valence-electron chi connectivity index (χ1n) is 4.31. The zero-order chi connectivity index (χ0) is 8.77. The van der Waals surface area contributed by atoms with Gasteiger partial charge in [-0.1, -0.05) is 0 Å². The van der Waals surface area contributed by atoms with Gasteiger partial charge in [0.25, 0.3) is 0 Å². The SMILES string of the molecule is Cc1ncn(CC2(O)CC2)c1C. The van der Waals surface area contributed by atoms with Crippen LogP contribution < -0.4 is 0 Å². The highest BCUT2D eigenvalue weighted by molar-refractivity contribution is 5.10. The second-order valence-corrected chi connectivity index (χ2v) is 3.77. The largest absolute Gasteiger partial charge is 0.388 e. The molecule has 0 bridgehead atoms. The molecule has 1 heterocycles. The van der Waals surface area contributed by atoms with Crippen molar-refractivity contribution in [3.63, 3.8) is 0 Å². The average Bonchev–Trinajstić information content (AvgIpc) is 2.68. The van der Waals surface area contributed by atoms with Gasteiger partial charge in [-0.15, -0.1) is 0 Å². The first kappa shape index (κ1) is 7.80. The summed E-state index contributed by atoms with van der Waals surface area (Å²) in [6, 6.07) is 0. The lowest BCUT2D eigenvalue weighted by Gasteiger charge is -2.09. The van der Waals surface area contributed by atoms with Crippen molar-refractivity contribution in [3.05, 3.63) is 17.7 Å². The van der Waals surface area contributed by atoms with Gasteiger partial charge in [0.05, 0.1) is 24.2 Å². The lowest BCUT2D eigenvalue weighted by molar-refractivity contribution is 0.129. The highest BCUT2D eigenvalue weighted by Crippen LogP contribution is 2.36. The van der Waals surface area contributed by atoms with E-state index >= 15 is 0 Å². The molecule has 1 aliphatic carbocycles. The van der Waals surface area contributed by atoms with Crippen molar-refractivity contribution >= 4 is 0 Å². The van der Waals surface area contributed by atoms with Crippen LogP contribution in [0.5, 0.6) is 0 Å². The first-order valence-corrected chi connectivity index (χ1v) is 4.31. The van der Waals surface area contributed by atoms with Crippen LogP contribution in [-0.4, -0.2) is 20.3 Å². The zero-order valence-electron chi connectivity index (χ0n) is 7.54. The fourth-order valence-corrected chi connectivity index (χ4v) is 1.32. The number of nitrogens with zero attached hydrogens (tertiary/aromatic N) is 2. The Kier molecular flexibility index (Phi) is 1.51. The fraction of sp³-hybridized carbons (Fsp3) is 0.667. The Hall–Kier alpha value is -0.830. The molecule has 0 aromatic carbocycles. The monoisotopic (exact) mass is 166 g/mol. The lowest BCUT2D eigenvalue weighted by Crippen LogP contribution is -2.17. The van der Waals surface area contributed by atoms with Gasteiger partial charge in [0.15, 0.2) is 0 Å². The summed E-state index contributed by atoms with van der Waals surface area (Å²) in [4.78, 5) is 4.18. The standard InChI is InChI=1S/C9H14N2O/c1-7-8(2)11(6-10-7)5-9(12)3-4-9/h6,12H,3-5H2,1-2H3. The molecule has 12 heavy (non-hydrogen) atoms. The maximum absolute atomic E-state index is 9.67. The van der Waals surface area contributed by atoms with Crippen molar-refractivity contribution in [3.8, 4) is 0 Å². The van der Waals surface area contributed by atoms with Crippen LogP contribution in [0.4, 0.5) is 0 Å². The van der Waals surface area contributed by atoms with Crippen LogP contribution in [-0.2, 0) is 6.54 Å². The number of aryl methyl sites for hydroxylation is 1. The maximum Gasteiger partial charge on any atom is 0.0952 e. The molecule has 0 spiro atoms. The Balaban J connectivity index is 2.17. The van der Waals surface area contributed by atoms with E-state index in [0.29, 0.717) is 6.54 Å². The fourth-order valence-electron chi connectivity index (χ4n) is 1.32. The molecule has 1 aromatic heterocycles. The summed E-state index contributed by atoms with van der Waals surface area (Å²) in [5.74, 6) is 0. The molecule has 1 fully saturated rings. The van der Waals surface area contributed by atoms with Crippen LogP contribution in [0.3, 0.4) is 0 Å². The molecule has 3 heteroatoms. The van der Waals surface area contributed by atoms with Crippen LogP contribution >= 0.6 is 0 Å². The molecule has 1 saturated carbocycles. The Labute approximate surface area is 72.0 Å². The maximum atomic E-state index is 9.67. The summed E-state index contributed by atoms with van der Waals surface area (Å²) in [5.41, 5.74) is 1.80. The molecule has 3 nitrogen and oxygen atoms in total. The van der Waals surface area contributed by atoms with Crippen molar-refractivity contribution in [1.29, 1.82) is 0 Å². The second kappa shape index (κ2) is 2.33. The number of hydrogen-bond acceptors (Lipinski definition) is 2. The van der Waals surface area contributed by atoms with E-state index in [1.807, 2.05) is 18.4 Å². The second-order valence-electron chi connectivity index (χ2n) is 3.77. The summed E-state index contributed by atoms with van der Waals surface area (Å²) in [6.45, 7) is 4.73. The number of rotatable bonds is 2. The third-order valence-corrected chi connectivity index (χ3v) is 2.64. The van der Waals surface area contributed by atoms with Gasteiger partial charge in [-0.05, 0) is 26.7 Å². The molecule has 1 N–H and O–H groups in total. The summed E-state index contributed by atoms with van der Waals surface area (Å²) >= 11 is 0. The highest BCUT2D eigenvalue weighted by Gasteiger charge is 2.40. The molecular formula is C9H14N2O. The predicted molar refractivity (Wildman–Crippen MR) is 45.9 cm³/mol. The molecule has 0 saturated heterocycles. The minimum absolute atomic E-state index is 0.419. The Bertz CT molecular complexity index is 299. The van der Waals surface area contributed by atoms with Crippen LogP contribution in [0, 0.1) is 13.8 Å². The molecule has 2 rings (SSSR count). The van der Waals surface area contributed by atoms with Crippen LogP contribution in [0.15, 0.2) is 6.33 Å². The zero-order valence-corrected chi connectivity index (χ0v) is 7.54. The third-order valence-electron chi connectivity index (χ3n) is 2.64. The van der Waals surface area contributed by atoms with Crippen molar-refractivity contribution < 1.29 is 5.11 Å². The molecule has 0 radical (unpaired) electrons. The quantitative estimate of drug-likeness (QED) is 0.712. The van der Waals surface area contributed by atoms with Gasteiger partial charge in [-0.3, -0.25) is 0 Å². The van der Waals surface area contributed by atoms with Crippen molar-refractivity contribution in [1.82, 2.24) is 9.55 Å². The van der Waals surface area contributed by atoms with Gasteiger partial charge in [0.1, 0.15) is 0 Å². The summed E-state index contributed by atoms with van der Waals surface area (Å²) < 4.78 is 2.03. The molecule has 0 unspecified atom stereocenters. The average molecular weight is 166 g/mol. The van der Waals surface area contributed by atoms with E-state index in [2.05, 4.69) is 4.98 Å². The van der Waals surface area contributed by atoms with E-state index in [9.17, 15) is 5.11 Å². The number of imidazole rings is 1. The minimum atomic E-state index is -0.419. The van der Waals surface area contributed by atoms with Crippen molar-refractivity contribution in [2.24, 2.45) is 0 Å². The van der Waals surface area contributed by atoms with E-state index < -0.39 is 5.60 Å². The van der Waals surface area contributed by atoms with E-state index in [1.54, 1.807) is 6.33 Å². The normalized spacial score (nSPS) is 19.6. The third kappa shape index (κ3) is 1.25. The molecular weight excluding hydrogens is 152 g/mol. The van der Waals surface area contributed by atoms with Gasteiger partial charge in [0.2, 0.25) is 0 Å². The van der Waals surface area contributed by atoms with Gasteiger partial charge < -0.3 is 9.67 Å². The molecule has 0 aliphatic heterocycles. The van der Waals surface area contributed by atoms with Crippen LogP contribution in [0.25, 0.3) is 0 Å². The minimum Gasteiger partial charge on any atom is -0.388 e. The van der Waals surface area contributed by atoms with E-state index in [4.69, 9.17) is 0 Å². The van der Waals surface area contributed by atoms with Gasteiger partial charge in [-0.25, -0.2) is 4.98 Å². The first-order chi connectivity index (χ1) is 5.61. The van der Waals surface area contributed by atoms with E-state index in [-0.39, 0.29) is 0 Å². The van der Waals surface area contributed by atoms with E-state index in [0.717, 1.165) is 24.2 Å². The molecule has 0 atom stereocenters. The Morgan fingerprint density at radius 1 is 1.58 bits per heavy atom. The molecule has 0 amide bonds. The molecule has 1 aliphatic rings. The number of hydrogen-bond donors (Lipinski definition) is 1. The smallest absolute Gasteiger partial charge is 0.0952 e. The number of aliphatic hydroxyl groups is 1. The van der Waals surface area contributed by atoms with Crippen LogP contribution in [0.2, 0.25) is 0 Å². The van der Waals surface area contributed by atoms with Crippen molar-refractivity contribution in [2.45, 2.75) is 38.8 Å². The van der Waals surface area contributed by atoms with Gasteiger partial charge >= 0.3 is 0 Å². The Morgan fingerprint density at radius 2 is 2.25 bits per heavy atom.